The Morgan fingerprint density at radius 1 is 1.56 bits per heavy atom. The highest BCUT2D eigenvalue weighted by molar-refractivity contribution is 5.96. The number of ether oxygens (including phenoxy) is 1. The van der Waals surface area contributed by atoms with Crippen LogP contribution >= 0.6 is 0 Å². The summed E-state index contributed by atoms with van der Waals surface area (Å²) in [6.07, 6.45) is 1.22. The fourth-order valence-electron chi connectivity index (χ4n) is 1.72. The molecule has 1 N–H and O–H groups in total. The van der Waals surface area contributed by atoms with Gasteiger partial charge in [0.2, 0.25) is 0 Å². The lowest BCUT2D eigenvalue weighted by atomic mass is 10.1. The number of hydrogen-bond acceptors (Lipinski definition) is 2. The van der Waals surface area contributed by atoms with Crippen LogP contribution in [0.1, 0.15) is 25.8 Å². The van der Waals surface area contributed by atoms with Gasteiger partial charge in [-0.1, -0.05) is 6.92 Å². The lowest BCUT2D eigenvalue weighted by Gasteiger charge is -2.08. The van der Waals surface area contributed by atoms with Gasteiger partial charge in [0.15, 0.2) is 0 Å². The molecule has 16 heavy (non-hydrogen) atoms. The van der Waals surface area contributed by atoms with Crippen molar-refractivity contribution in [2.24, 2.45) is 11.8 Å². The smallest absolute Gasteiger partial charge is 0.132 e. The summed E-state index contributed by atoms with van der Waals surface area (Å²) >= 11 is 0. The van der Waals surface area contributed by atoms with E-state index in [4.69, 9.17) is 10.1 Å². The third-order valence-electron chi connectivity index (χ3n) is 3.08. The van der Waals surface area contributed by atoms with Gasteiger partial charge in [-0.15, -0.1) is 0 Å². The van der Waals surface area contributed by atoms with Crippen molar-refractivity contribution >= 4 is 5.71 Å². The fraction of sp³-hybridized carbons (Fsp3) is 0.462. The zero-order chi connectivity index (χ0) is 11.7. The van der Waals surface area contributed by atoms with Gasteiger partial charge in [-0.2, -0.15) is 0 Å². The first kappa shape index (κ1) is 11.1. The Morgan fingerprint density at radius 2 is 2.25 bits per heavy atom. The lowest BCUT2D eigenvalue weighted by Crippen LogP contribution is -2.03. The quantitative estimate of drug-likeness (QED) is 0.778. The van der Waals surface area contributed by atoms with E-state index in [1.807, 2.05) is 0 Å². The Morgan fingerprint density at radius 3 is 2.81 bits per heavy atom. The van der Waals surface area contributed by atoms with Crippen molar-refractivity contribution in [3.05, 3.63) is 29.6 Å². The molecule has 1 aliphatic carbocycles. The molecule has 0 aromatic heterocycles. The van der Waals surface area contributed by atoms with Crippen LogP contribution in [-0.2, 0) is 0 Å². The van der Waals surface area contributed by atoms with Gasteiger partial charge in [-0.3, -0.25) is 0 Å². The first-order valence-electron chi connectivity index (χ1n) is 5.56. The molecule has 0 radical (unpaired) electrons. The highest BCUT2D eigenvalue weighted by Crippen LogP contribution is 2.37. The number of hydrogen-bond donors (Lipinski definition) is 1. The van der Waals surface area contributed by atoms with Crippen LogP contribution in [0.4, 0.5) is 4.39 Å². The van der Waals surface area contributed by atoms with Crippen LogP contribution in [0, 0.1) is 23.1 Å². The summed E-state index contributed by atoms with van der Waals surface area (Å²) in [6, 6.07) is 4.58. The van der Waals surface area contributed by atoms with Crippen LogP contribution < -0.4 is 4.74 Å². The molecule has 1 fully saturated rings. The van der Waals surface area contributed by atoms with Gasteiger partial charge in [0.25, 0.3) is 0 Å². The van der Waals surface area contributed by atoms with E-state index in [9.17, 15) is 4.39 Å². The van der Waals surface area contributed by atoms with Gasteiger partial charge in [-0.25, -0.2) is 4.39 Å². The summed E-state index contributed by atoms with van der Waals surface area (Å²) in [7, 11) is 0. The van der Waals surface area contributed by atoms with E-state index in [1.165, 1.54) is 12.5 Å². The van der Waals surface area contributed by atoms with Gasteiger partial charge in [0.05, 0.1) is 6.61 Å². The van der Waals surface area contributed by atoms with Crippen molar-refractivity contribution < 1.29 is 9.13 Å². The van der Waals surface area contributed by atoms with Gasteiger partial charge in [-0.05, 0) is 43.4 Å². The monoisotopic (exact) mass is 221 g/mol. The minimum Gasteiger partial charge on any atom is -0.493 e. The Hall–Kier alpha value is -1.38. The number of halogens is 1. The van der Waals surface area contributed by atoms with Gasteiger partial charge >= 0.3 is 0 Å². The third-order valence-corrected chi connectivity index (χ3v) is 3.08. The standard InChI is InChI=1S/C13H16FNO/c1-8-5-10(8)7-16-11-3-4-13(14)12(6-11)9(2)15/h3-4,6,8,10,15H,5,7H2,1-2H3/t8-,10?/m0/s1. The molecule has 0 saturated heterocycles. The van der Waals surface area contributed by atoms with E-state index < -0.39 is 0 Å². The third kappa shape index (κ3) is 2.40. The summed E-state index contributed by atoms with van der Waals surface area (Å²) in [5.41, 5.74) is 0.545. The predicted octanol–water partition coefficient (Wildman–Crippen LogP) is 3.25. The highest BCUT2D eigenvalue weighted by atomic mass is 19.1. The number of nitrogens with one attached hydrogen (secondary N) is 1. The molecule has 2 atom stereocenters. The van der Waals surface area contributed by atoms with Gasteiger partial charge in [0, 0.05) is 11.3 Å². The maximum atomic E-state index is 13.3. The molecule has 1 aromatic carbocycles. The molecule has 86 valence electrons. The van der Waals surface area contributed by atoms with Gasteiger partial charge in [0.1, 0.15) is 11.6 Å². The Balaban J connectivity index is 2.04. The van der Waals surface area contributed by atoms with Crippen molar-refractivity contribution in [2.75, 3.05) is 6.61 Å². The zero-order valence-corrected chi connectivity index (χ0v) is 9.59. The lowest BCUT2D eigenvalue weighted by molar-refractivity contribution is 0.293. The maximum absolute atomic E-state index is 13.3. The van der Waals surface area contributed by atoms with Crippen LogP contribution in [0.3, 0.4) is 0 Å². The Bertz CT molecular complexity index is 416. The van der Waals surface area contributed by atoms with Crippen LogP contribution in [0.2, 0.25) is 0 Å². The summed E-state index contributed by atoms with van der Waals surface area (Å²) < 4.78 is 18.9. The van der Waals surface area contributed by atoms with Crippen LogP contribution in [-0.4, -0.2) is 12.3 Å². The number of rotatable bonds is 4. The summed E-state index contributed by atoms with van der Waals surface area (Å²) in [6.45, 7) is 4.47. The molecule has 3 heteroatoms. The zero-order valence-electron chi connectivity index (χ0n) is 9.59. The second kappa shape index (κ2) is 4.24. The molecule has 0 heterocycles. The minimum atomic E-state index is -0.361. The minimum absolute atomic E-state index is 0.225. The molecule has 1 aromatic rings. The first-order valence-corrected chi connectivity index (χ1v) is 5.56. The Labute approximate surface area is 94.9 Å². The van der Waals surface area contributed by atoms with Gasteiger partial charge < -0.3 is 10.1 Å². The van der Waals surface area contributed by atoms with Crippen LogP contribution in [0.15, 0.2) is 18.2 Å². The van der Waals surface area contributed by atoms with Crippen LogP contribution in [0.25, 0.3) is 0 Å². The molecule has 0 amide bonds. The van der Waals surface area contributed by atoms with Crippen molar-refractivity contribution in [3.8, 4) is 5.75 Å². The summed E-state index contributed by atoms with van der Waals surface area (Å²) in [4.78, 5) is 0. The molecule has 2 nitrogen and oxygen atoms in total. The predicted molar refractivity (Wildman–Crippen MR) is 61.7 cm³/mol. The average molecular weight is 221 g/mol. The molecule has 1 unspecified atom stereocenters. The van der Waals surface area contributed by atoms with E-state index in [0.717, 1.165) is 5.92 Å². The fourth-order valence-corrected chi connectivity index (χ4v) is 1.72. The van der Waals surface area contributed by atoms with E-state index in [-0.39, 0.29) is 11.5 Å². The molecule has 0 spiro atoms. The summed E-state index contributed by atoms with van der Waals surface area (Å²) in [5, 5.41) is 7.44. The van der Waals surface area contributed by atoms with Crippen molar-refractivity contribution in [1.29, 1.82) is 5.41 Å². The molecule has 1 aliphatic rings. The van der Waals surface area contributed by atoms with E-state index >= 15 is 0 Å². The first-order chi connectivity index (χ1) is 7.58. The highest BCUT2D eigenvalue weighted by Gasteiger charge is 2.32. The van der Waals surface area contributed by atoms with Crippen molar-refractivity contribution in [2.45, 2.75) is 20.3 Å². The molecular formula is C13H16FNO. The molecule has 1 saturated carbocycles. The maximum Gasteiger partial charge on any atom is 0.132 e. The second-order valence-electron chi connectivity index (χ2n) is 4.55. The Kier molecular flexibility index (Phi) is 2.95. The van der Waals surface area contributed by atoms with Crippen molar-refractivity contribution in [1.82, 2.24) is 0 Å². The topological polar surface area (TPSA) is 33.1 Å². The van der Waals surface area contributed by atoms with Crippen LogP contribution in [0.5, 0.6) is 5.75 Å². The molecule has 0 bridgehead atoms. The average Bonchev–Trinajstić information content (AvgIpc) is 2.93. The number of benzene rings is 1. The van der Waals surface area contributed by atoms with E-state index in [2.05, 4.69) is 6.92 Å². The van der Waals surface area contributed by atoms with Crippen molar-refractivity contribution in [3.63, 3.8) is 0 Å². The summed E-state index contributed by atoms with van der Waals surface area (Å²) in [5.74, 6) is 1.70. The second-order valence-corrected chi connectivity index (χ2v) is 4.55. The SMILES string of the molecule is CC(=N)c1cc(OCC2C[C@@H]2C)ccc1F. The molecule has 0 aliphatic heterocycles. The largest absolute Gasteiger partial charge is 0.493 e. The molecular weight excluding hydrogens is 205 g/mol. The molecule has 2 rings (SSSR count). The van der Waals surface area contributed by atoms with E-state index in [0.29, 0.717) is 23.8 Å². The van der Waals surface area contributed by atoms with E-state index in [1.54, 1.807) is 19.1 Å². The normalized spacial score (nSPS) is 22.9.